The van der Waals surface area contributed by atoms with Gasteiger partial charge in [0, 0.05) is 23.8 Å². The van der Waals surface area contributed by atoms with Crippen molar-refractivity contribution in [2.75, 3.05) is 0 Å². The van der Waals surface area contributed by atoms with Gasteiger partial charge in [-0.25, -0.2) is 4.52 Å². The highest BCUT2D eigenvalue weighted by Crippen LogP contribution is 2.23. The van der Waals surface area contributed by atoms with E-state index in [0.717, 1.165) is 16.8 Å². The van der Waals surface area contributed by atoms with Crippen molar-refractivity contribution in [2.45, 2.75) is 6.92 Å². The fraction of sp³-hybridized carbons (Fsp3) is 0.105. The van der Waals surface area contributed by atoms with Gasteiger partial charge in [0.05, 0.1) is 11.0 Å². The second-order valence-electron chi connectivity index (χ2n) is 5.57. The number of hydrogen-bond donors (Lipinski definition) is 0. The maximum atomic E-state index is 10.7. The molecule has 0 fully saturated rings. The quantitative estimate of drug-likeness (QED) is 0.412. The molecule has 24 heavy (non-hydrogen) atoms. The third-order valence-corrected chi connectivity index (χ3v) is 3.76. The second-order valence-corrected chi connectivity index (χ2v) is 5.57. The Morgan fingerprint density at radius 3 is 2.33 bits per heavy atom. The predicted molar refractivity (Wildman–Crippen MR) is 92.1 cm³/mol. The van der Waals surface area contributed by atoms with Crippen LogP contribution in [0.3, 0.4) is 0 Å². The molecule has 1 heterocycles. The van der Waals surface area contributed by atoms with Gasteiger partial charge in [-0.1, -0.05) is 29.8 Å². The van der Waals surface area contributed by atoms with Crippen LogP contribution < -0.4 is 4.74 Å². The summed E-state index contributed by atoms with van der Waals surface area (Å²) < 4.78 is 7.37. The first-order valence-electron chi connectivity index (χ1n) is 7.53. The molecule has 0 bridgehead atoms. The van der Waals surface area contributed by atoms with Crippen LogP contribution in [0.5, 0.6) is 0 Å². The van der Waals surface area contributed by atoms with Gasteiger partial charge in [-0.3, -0.25) is 10.1 Å². The van der Waals surface area contributed by atoms with Crippen molar-refractivity contribution in [3.05, 3.63) is 81.5 Å². The maximum Gasteiger partial charge on any atom is 0.269 e. The minimum atomic E-state index is -0.415. The summed E-state index contributed by atoms with van der Waals surface area (Å²) >= 11 is 0. The number of aromatic nitrogens is 1. The minimum absolute atomic E-state index is 0.0640. The van der Waals surface area contributed by atoms with Gasteiger partial charge in [0.15, 0.2) is 7.05 Å². The number of benzene rings is 2. The van der Waals surface area contributed by atoms with E-state index in [1.54, 1.807) is 16.9 Å². The zero-order valence-electron chi connectivity index (χ0n) is 13.5. The Labute approximate surface area is 139 Å². The first kappa shape index (κ1) is 15.7. The highest BCUT2D eigenvalue weighted by Gasteiger charge is 2.15. The van der Waals surface area contributed by atoms with E-state index in [1.807, 2.05) is 25.3 Å². The molecule has 5 nitrogen and oxygen atoms in total. The zero-order valence-corrected chi connectivity index (χ0v) is 13.5. The Balaban J connectivity index is 1.84. The summed E-state index contributed by atoms with van der Waals surface area (Å²) in [7, 11) is 1.82. The van der Waals surface area contributed by atoms with E-state index < -0.39 is 4.92 Å². The molecule has 0 unspecified atom stereocenters. The highest BCUT2D eigenvalue weighted by molar-refractivity contribution is 5.69. The SMILES string of the molecule is Cc1ccc(/C=C/c2cc(-c3ccc([N+](=O)[O-])cc3)o[n+]2C)cc1. The molecule has 5 heteroatoms. The Hall–Kier alpha value is -3.21. The Kier molecular flexibility index (Phi) is 4.24. The third-order valence-electron chi connectivity index (χ3n) is 3.76. The predicted octanol–water partition coefficient (Wildman–Crippen LogP) is 4.16. The van der Waals surface area contributed by atoms with Gasteiger partial charge in [-0.2, -0.15) is 0 Å². The van der Waals surface area contributed by atoms with Crippen LogP contribution in [0.2, 0.25) is 0 Å². The van der Waals surface area contributed by atoms with Crippen molar-refractivity contribution in [2.24, 2.45) is 7.05 Å². The monoisotopic (exact) mass is 321 g/mol. The Bertz CT molecular complexity index is 891. The molecule has 0 saturated heterocycles. The second kappa shape index (κ2) is 6.50. The molecule has 0 atom stereocenters. The molecule has 0 radical (unpaired) electrons. The first-order valence-corrected chi connectivity index (χ1v) is 7.53. The summed E-state index contributed by atoms with van der Waals surface area (Å²) in [4.78, 5) is 10.3. The molecular formula is C19H17N2O3+. The fourth-order valence-electron chi connectivity index (χ4n) is 2.35. The van der Waals surface area contributed by atoms with Crippen molar-refractivity contribution in [3.63, 3.8) is 0 Å². The van der Waals surface area contributed by atoms with Crippen molar-refractivity contribution in [1.29, 1.82) is 0 Å². The van der Waals surface area contributed by atoms with E-state index in [2.05, 4.69) is 31.2 Å². The molecule has 0 aliphatic carbocycles. The number of nitro benzene ring substituents is 1. The lowest BCUT2D eigenvalue weighted by atomic mass is 10.1. The standard InChI is InChI=1S/C19H17N2O3/c1-14-3-5-15(6-4-14)7-10-18-13-19(24-20(18)2)16-8-11-17(12-9-16)21(22)23/h3-13H,1-2H3/q+1/b10-7+. The normalized spacial score (nSPS) is 11.1. The van der Waals surface area contributed by atoms with Crippen LogP contribution >= 0.6 is 0 Å². The van der Waals surface area contributed by atoms with E-state index in [4.69, 9.17) is 4.52 Å². The summed E-state index contributed by atoms with van der Waals surface area (Å²) in [5.41, 5.74) is 4.10. The first-order chi connectivity index (χ1) is 11.5. The fourth-order valence-corrected chi connectivity index (χ4v) is 2.35. The number of hydrogen-bond acceptors (Lipinski definition) is 3. The average Bonchev–Trinajstić information content (AvgIpc) is 2.95. The van der Waals surface area contributed by atoms with Crippen molar-refractivity contribution in [1.82, 2.24) is 0 Å². The van der Waals surface area contributed by atoms with Gasteiger partial charge in [0.1, 0.15) is 0 Å². The summed E-state index contributed by atoms with van der Waals surface area (Å²) in [6, 6.07) is 16.5. The van der Waals surface area contributed by atoms with Crippen LogP contribution in [0.15, 0.2) is 59.1 Å². The van der Waals surface area contributed by atoms with Gasteiger partial charge in [0.25, 0.3) is 11.4 Å². The van der Waals surface area contributed by atoms with Gasteiger partial charge in [0.2, 0.25) is 5.76 Å². The van der Waals surface area contributed by atoms with Gasteiger partial charge in [-0.05, 0) is 35.4 Å². The van der Waals surface area contributed by atoms with Crippen LogP contribution in [-0.4, -0.2) is 4.92 Å². The number of nitro groups is 1. The van der Waals surface area contributed by atoms with Crippen molar-refractivity contribution in [3.8, 4) is 11.3 Å². The van der Waals surface area contributed by atoms with E-state index in [1.165, 1.54) is 17.7 Å². The molecule has 0 saturated carbocycles. The van der Waals surface area contributed by atoms with E-state index in [0.29, 0.717) is 5.76 Å². The van der Waals surface area contributed by atoms with E-state index in [9.17, 15) is 10.1 Å². The Morgan fingerprint density at radius 2 is 1.71 bits per heavy atom. The van der Waals surface area contributed by atoms with Crippen LogP contribution in [-0.2, 0) is 7.05 Å². The lowest BCUT2D eigenvalue weighted by Crippen LogP contribution is -2.27. The number of aryl methyl sites for hydroxylation is 2. The van der Waals surface area contributed by atoms with Crippen LogP contribution in [0.4, 0.5) is 5.69 Å². The van der Waals surface area contributed by atoms with Gasteiger partial charge < -0.3 is 0 Å². The van der Waals surface area contributed by atoms with E-state index >= 15 is 0 Å². The highest BCUT2D eigenvalue weighted by atomic mass is 16.6. The molecule has 3 aromatic rings. The molecule has 1 aromatic heterocycles. The maximum absolute atomic E-state index is 10.7. The molecule has 3 rings (SSSR count). The lowest BCUT2D eigenvalue weighted by molar-refractivity contribution is -0.844. The van der Waals surface area contributed by atoms with Crippen molar-refractivity contribution >= 4 is 17.8 Å². The largest absolute Gasteiger partial charge is 0.269 e. The number of nitrogens with zero attached hydrogens (tertiary/aromatic N) is 2. The molecule has 0 aliphatic rings. The lowest BCUT2D eigenvalue weighted by Gasteiger charge is -1.93. The molecule has 2 aromatic carbocycles. The molecule has 0 aliphatic heterocycles. The molecular weight excluding hydrogens is 304 g/mol. The van der Waals surface area contributed by atoms with Gasteiger partial charge >= 0.3 is 0 Å². The minimum Gasteiger partial charge on any atom is -0.258 e. The zero-order chi connectivity index (χ0) is 17.1. The topological polar surface area (TPSA) is 60.2 Å². The summed E-state index contributed by atoms with van der Waals surface area (Å²) in [5, 5.41) is 10.7. The summed E-state index contributed by atoms with van der Waals surface area (Å²) in [5.74, 6) is 0.663. The third kappa shape index (κ3) is 3.41. The summed E-state index contributed by atoms with van der Waals surface area (Å²) in [6.45, 7) is 2.06. The summed E-state index contributed by atoms with van der Waals surface area (Å²) in [6.07, 6.45) is 3.99. The van der Waals surface area contributed by atoms with Gasteiger partial charge in [-0.15, -0.1) is 0 Å². The van der Waals surface area contributed by atoms with E-state index in [-0.39, 0.29) is 5.69 Å². The average molecular weight is 321 g/mol. The van der Waals surface area contributed by atoms with Crippen LogP contribution in [0.25, 0.3) is 23.5 Å². The van der Waals surface area contributed by atoms with Crippen LogP contribution in [0, 0.1) is 17.0 Å². The number of rotatable bonds is 4. The molecule has 120 valence electrons. The molecule has 0 N–H and O–H groups in total. The van der Waals surface area contributed by atoms with Crippen LogP contribution in [0.1, 0.15) is 16.8 Å². The molecule has 0 spiro atoms. The van der Waals surface area contributed by atoms with Crippen molar-refractivity contribution < 1.29 is 14.2 Å². The number of non-ortho nitro benzene ring substituents is 1. The Morgan fingerprint density at radius 1 is 1.04 bits per heavy atom. The molecule has 0 amide bonds. The smallest absolute Gasteiger partial charge is 0.258 e.